The van der Waals surface area contributed by atoms with Gasteiger partial charge in [0.25, 0.3) is 11.8 Å². The minimum Gasteiger partial charge on any atom is -0.387 e. The summed E-state index contributed by atoms with van der Waals surface area (Å²) in [5.74, 6) is -5.47. The highest BCUT2D eigenvalue weighted by atomic mass is 19.1. The molecule has 16 nitrogen and oxygen atoms in total. The number of imide groups is 1. The van der Waals surface area contributed by atoms with E-state index in [0.29, 0.717) is 11.3 Å². The van der Waals surface area contributed by atoms with Crippen LogP contribution in [0.2, 0.25) is 0 Å². The molecule has 58 heavy (non-hydrogen) atoms. The van der Waals surface area contributed by atoms with Gasteiger partial charge in [0, 0.05) is 67.8 Å². The van der Waals surface area contributed by atoms with Crippen molar-refractivity contribution in [2.24, 2.45) is 16.9 Å². The Morgan fingerprint density at radius 2 is 1.60 bits per heavy atom. The topological polar surface area (TPSA) is 242 Å². The van der Waals surface area contributed by atoms with Gasteiger partial charge < -0.3 is 41.8 Å². The summed E-state index contributed by atoms with van der Waals surface area (Å²) in [6.07, 6.45) is 1.50. The van der Waals surface area contributed by atoms with Gasteiger partial charge in [-0.1, -0.05) is 51.1 Å². The Balaban J connectivity index is 1.63. The molecular weight excluding hydrogens is 758 g/mol. The minimum atomic E-state index is -1.63. The van der Waals surface area contributed by atoms with Crippen LogP contribution in [0.1, 0.15) is 50.9 Å². The monoisotopic (exact) mass is 808 g/mol. The zero-order valence-electron chi connectivity index (χ0n) is 32.5. The molecule has 18 heteroatoms. The van der Waals surface area contributed by atoms with Crippen LogP contribution in [0.15, 0.2) is 72.9 Å². The number of nitrogens with two attached hydrogens (primary N) is 2. The third kappa shape index (κ3) is 12.1. The molecule has 4 atom stereocenters. The van der Waals surface area contributed by atoms with Crippen LogP contribution in [0, 0.1) is 17.0 Å². The molecule has 0 saturated heterocycles. The van der Waals surface area contributed by atoms with Crippen LogP contribution in [0.4, 0.5) is 8.78 Å². The molecular formula is C40H50F2N8O8. The van der Waals surface area contributed by atoms with Crippen molar-refractivity contribution in [3.63, 3.8) is 0 Å². The molecule has 0 fully saturated rings. The van der Waals surface area contributed by atoms with Crippen molar-refractivity contribution in [2.45, 2.75) is 64.5 Å². The molecule has 1 aliphatic heterocycles. The van der Waals surface area contributed by atoms with Crippen LogP contribution in [-0.4, -0.2) is 111 Å². The second-order valence-electron chi connectivity index (χ2n) is 14.9. The van der Waals surface area contributed by atoms with Crippen molar-refractivity contribution >= 4 is 35.4 Å². The molecule has 1 aliphatic rings. The van der Waals surface area contributed by atoms with Gasteiger partial charge in [0.1, 0.15) is 31.0 Å². The maximum Gasteiger partial charge on any atom is 0.254 e. The Morgan fingerprint density at radius 1 is 0.948 bits per heavy atom. The van der Waals surface area contributed by atoms with E-state index in [1.807, 2.05) is 55.7 Å². The Bertz CT molecular complexity index is 1980. The number of hydrogen-bond donors (Lipinski definition) is 7. The number of halogens is 2. The first-order chi connectivity index (χ1) is 27.4. The minimum absolute atomic E-state index is 0.00537. The molecule has 3 aromatic rings. The number of aliphatic hydroxyl groups excluding tert-OH is 2. The quantitative estimate of drug-likeness (QED) is 0.0472. The van der Waals surface area contributed by atoms with E-state index in [4.69, 9.17) is 11.5 Å². The maximum atomic E-state index is 15.2. The van der Waals surface area contributed by atoms with Crippen molar-refractivity contribution in [3.8, 4) is 11.1 Å². The lowest BCUT2D eigenvalue weighted by molar-refractivity contribution is -0.141. The van der Waals surface area contributed by atoms with E-state index < -0.39 is 96.4 Å². The van der Waals surface area contributed by atoms with Gasteiger partial charge in [-0.3, -0.25) is 39.0 Å². The number of carbonyl (C=O) groups is 6. The highest BCUT2D eigenvalue weighted by Crippen LogP contribution is 2.41. The number of hydrogen-bond acceptors (Lipinski definition) is 10. The molecule has 6 amide bonds. The van der Waals surface area contributed by atoms with Crippen LogP contribution < -0.4 is 27.4 Å². The second kappa shape index (κ2) is 20.0. The van der Waals surface area contributed by atoms with E-state index in [1.165, 1.54) is 4.90 Å². The highest BCUT2D eigenvalue weighted by molar-refractivity contribution is 6.14. The largest absolute Gasteiger partial charge is 0.387 e. The molecule has 0 spiro atoms. The van der Waals surface area contributed by atoms with Crippen molar-refractivity contribution in [1.29, 1.82) is 0 Å². The Hall–Kier alpha value is -5.82. The van der Waals surface area contributed by atoms with Gasteiger partial charge >= 0.3 is 0 Å². The first-order valence-electron chi connectivity index (χ1n) is 18.5. The number of amides is 6. The Labute approximate surface area is 334 Å². The van der Waals surface area contributed by atoms with Gasteiger partial charge in [0.05, 0.1) is 18.1 Å². The zero-order valence-corrected chi connectivity index (χ0v) is 32.5. The van der Waals surface area contributed by atoms with Gasteiger partial charge in [-0.2, -0.15) is 0 Å². The number of nitrogens with one attached hydrogen (secondary N) is 3. The van der Waals surface area contributed by atoms with Crippen LogP contribution in [0.3, 0.4) is 0 Å². The standard InChI is InChI=1S/C40H50F2N8O8/c1-40(2,3)37(31-17-25(27-18-26(41)9-10-28(27)42)21-48(31)20-24-7-5-4-6-8-24)49(36(56)23-51)16-13-30(47-38(57)29(43)19-32(44)52)39(58)46-15-14-45-33(53)22-50-34(54)11-12-35(50)55/h4-12,17-18,21,29-30,37-38,47,51,57H,13-16,19-20,22-23,43H2,1-3H3,(H2,44,52)(H,45,53)(H,46,58)/t29-,30-,37-,38?/m0/s1. The maximum absolute atomic E-state index is 15.2. The molecule has 2 heterocycles. The first-order valence-corrected chi connectivity index (χ1v) is 18.5. The molecule has 4 rings (SSSR count). The lowest BCUT2D eigenvalue weighted by Gasteiger charge is -2.41. The number of aliphatic hydroxyl groups is 2. The fourth-order valence-electron chi connectivity index (χ4n) is 6.63. The van der Waals surface area contributed by atoms with Gasteiger partial charge in [-0.05, 0) is 41.7 Å². The van der Waals surface area contributed by atoms with E-state index in [-0.39, 0.29) is 38.2 Å². The summed E-state index contributed by atoms with van der Waals surface area (Å²) in [4.78, 5) is 76.9. The number of benzene rings is 2. The fourth-order valence-corrected chi connectivity index (χ4v) is 6.63. The average molecular weight is 809 g/mol. The van der Waals surface area contributed by atoms with Gasteiger partial charge in [-0.15, -0.1) is 0 Å². The van der Waals surface area contributed by atoms with E-state index in [2.05, 4.69) is 16.0 Å². The summed E-state index contributed by atoms with van der Waals surface area (Å²) >= 11 is 0. The van der Waals surface area contributed by atoms with Crippen LogP contribution >= 0.6 is 0 Å². The van der Waals surface area contributed by atoms with Crippen LogP contribution in [0.5, 0.6) is 0 Å². The second-order valence-corrected chi connectivity index (χ2v) is 14.9. The Kier molecular flexibility index (Phi) is 15.5. The molecule has 312 valence electrons. The van der Waals surface area contributed by atoms with Crippen LogP contribution in [-0.2, 0) is 35.3 Å². The SMILES string of the molecule is CC(C)(C)[C@H](c1cc(-c2cc(F)ccc2F)cn1Cc1ccccc1)N(CC[C@H](NC(O)[C@@H](N)CC(N)=O)C(=O)NCCNC(=O)CN1C(=O)C=CC1=O)C(=O)CO. The van der Waals surface area contributed by atoms with E-state index in [1.54, 1.807) is 12.3 Å². The summed E-state index contributed by atoms with van der Waals surface area (Å²) in [6.45, 7) is 3.94. The normalized spacial score (nSPS) is 14.9. The van der Waals surface area contributed by atoms with Gasteiger partial charge in [-0.25, -0.2) is 8.78 Å². The van der Waals surface area contributed by atoms with Crippen LogP contribution in [0.25, 0.3) is 11.1 Å². The summed E-state index contributed by atoms with van der Waals surface area (Å²) < 4.78 is 31.4. The summed E-state index contributed by atoms with van der Waals surface area (Å²) in [5, 5.41) is 28.9. The zero-order chi connectivity index (χ0) is 42.7. The van der Waals surface area contributed by atoms with Crippen molar-refractivity contribution in [2.75, 3.05) is 32.8 Å². The lowest BCUT2D eigenvalue weighted by Crippen LogP contribution is -2.56. The first kappa shape index (κ1) is 44.9. The molecule has 0 aliphatic carbocycles. The average Bonchev–Trinajstić information content (AvgIpc) is 3.71. The van der Waals surface area contributed by atoms with Crippen molar-refractivity contribution in [3.05, 3.63) is 95.8 Å². The van der Waals surface area contributed by atoms with Crippen molar-refractivity contribution < 1.29 is 47.8 Å². The Morgan fingerprint density at radius 3 is 2.22 bits per heavy atom. The smallest absolute Gasteiger partial charge is 0.254 e. The molecule has 9 N–H and O–H groups in total. The van der Waals surface area contributed by atoms with E-state index >= 15 is 4.39 Å². The number of aromatic nitrogens is 1. The van der Waals surface area contributed by atoms with Gasteiger partial charge in [0.15, 0.2) is 0 Å². The molecule has 1 aromatic heterocycles. The van der Waals surface area contributed by atoms with Gasteiger partial charge in [0.2, 0.25) is 23.6 Å². The summed E-state index contributed by atoms with van der Waals surface area (Å²) in [5.41, 5.74) is 12.2. The van der Waals surface area contributed by atoms with E-state index in [9.17, 15) is 43.4 Å². The number of primary amides is 1. The molecule has 0 bridgehead atoms. The van der Waals surface area contributed by atoms with E-state index in [0.717, 1.165) is 40.8 Å². The molecule has 0 saturated carbocycles. The highest BCUT2D eigenvalue weighted by Gasteiger charge is 2.38. The van der Waals surface area contributed by atoms with Crippen molar-refractivity contribution in [1.82, 2.24) is 30.3 Å². The fraction of sp³-hybridized carbons (Fsp3) is 0.400. The predicted octanol–water partition coefficient (Wildman–Crippen LogP) is 0.417. The molecule has 1 unspecified atom stereocenters. The lowest BCUT2D eigenvalue weighted by atomic mass is 9.82. The number of rotatable bonds is 20. The molecule has 2 aromatic carbocycles. The third-order valence-corrected chi connectivity index (χ3v) is 9.37. The third-order valence-electron chi connectivity index (χ3n) is 9.37. The summed E-state index contributed by atoms with van der Waals surface area (Å²) in [6, 6.07) is 10.7. The number of nitrogens with zero attached hydrogens (tertiary/aromatic N) is 3. The number of carbonyl (C=O) groups excluding carboxylic acids is 6. The molecule has 0 radical (unpaired) electrons. The predicted molar refractivity (Wildman–Crippen MR) is 208 cm³/mol. The summed E-state index contributed by atoms with van der Waals surface area (Å²) in [7, 11) is 0.